The van der Waals surface area contributed by atoms with Crippen LogP contribution in [0.5, 0.6) is 0 Å². The number of anilines is 1. The fraction of sp³-hybridized carbons (Fsp3) is 0.333. The van der Waals surface area contributed by atoms with Crippen molar-refractivity contribution in [2.45, 2.75) is 19.4 Å². The van der Waals surface area contributed by atoms with Gasteiger partial charge < -0.3 is 9.80 Å². The zero-order valence-electron chi connectivity index (χ0n) is 14.0. The third kappa shape index (κ3) is 3.69. The van der Waals surface area contributed by atoms with Gasteiger partial charge >= 0.3 is 0 Å². The molecule has 7 heteroatoms. The number of aromatic nitrogens is 2. The van der Waals surface area contributed by atoms with E-state index in [1.807, 2.05) is 19.2 Å². The first-order valence-corrected chi connectivity index (χ1v) is 8.16. The van der Waals surface area contributed by atoms with Gasteiger partial charge in [0.15, 0.2) is 0 Å². The van der Waals surface area contributed by atoms with Crippen molar-refractivity contribution in [3.8, 4) is 6.07 Å². The Labute approximate surface area is 146 Å². The maximum Gasteiger partial charge on any atom is 0.246 e. The number of hydrogen-bond donors (Lipinski definition) is 0. The van der Waals surface area contributed by atoms with Gasteiger partial charge in [0.05, 0.1) is 17.7 Å². The van der Waals surface area contributed by atoms with Crippen LogP contribution in [-0.2, 0) is 9.59 Å². The summed E-state index contributed by atoms with van der Waals surface area (Å²) in [6, 6.07) is 10.8. The summed E-state index contributed by atoms with van der Waals surface area (Å²) in [5, 5.41) is 13.1. The lowest BCUT2D eigenvalue weighted by molar-refractivity contribution is -0.137. The van der Waals surface area contributed by atoms with Gasteiger partial charge in [-0.05, 0) is 31.2 Å². The summed E-state index contributed by atoms with van der Waals surface area (Å²) in [6.07, 6.45) is 3.81. The lowest BCUT2D eigenvalue weighted by Crippen LogP contribution is -2.52. The van der Waals surface area contributed by atoms with Crippen LogP contribution < -0.4 is 4.90 Å². The van der Waals surface area contributed by atoms with Crippen LogP contribution in [0.2, 0.25) is 0 Å². The fourth-order valence-corrected chi connectivity index (χ4v) is 2.92. The van der Waals surface area contributed by atoms with E-state index in [4.69, 9.17) is 5.26 Å². The number of rotatable bonds is 4. The van der Waals surface area contributed by atoms with E-state index in [-0.39, 0.29) is 24.4 Å². The van der Waals surface area contributed by atoms with Crippen molar-refractivity contribution in [1.82, 2.24) is 14.7 Å². The highest BCUT2D eigenvalue weighted by molar-refractivity contribution is 5.98. The van der Waals surface area contributed by atoms with Crippen molar-refractivity contribution in [2.75, 3.05) is 24.5 Å². The first-order chi connectivity index (χ1) is 12.1. The fourth-order valence-electron chi connectivity index (χ4n) is 2.92. The van der Waals surface area contributed by atoms with Gasteiger partial charge in [0.25, 0.3) is 0 Å². The van der Waals surface area contributed by atoms with Crippen LogP contribution in [0.15, 0.2) is 42.7 Å². The normalized spacial score (nSPS) is 15.8. The minimum Gasteiger partial charge on any atom is -0.332 e. The zero-order valence-corrected chi connectivity index (χ0v) is 14.0. The molecule has 1 saturated heterocycles. The lowest BCUT2D eigenvalue weighted by Gasteiger charge is -2.34. The number of nitrogens with zero attached hydrogens (tertiary/aromatic N) is 5. The highest BCUT2D eigenvalue weighted by atomic mass is 16.2. The van der Waals surface area contributed by atoms with Gasteiger partial charge in [-0.1, -0.05) is 6.07 Å². The third-order valence-corrected chi connectivity index (χ3v) is 4.31. The molecule has 2 heterocycles. The Morgan fingerprint density at radius 1 is 1.36 bits per heavy atom. The van der Waals surface area contributed by atoms with E-state index in [9.17, 15) is 9.59 Å². The summed E-state index contributed by atoms with van der Waals surface area (Å²) in [5.41, 5.74) is 1.21. The molecule has 1 fully saturated rings. The van der Waals surface area contributed by atoms with Gasteiger partial charge in [0, 0.05) is 37.6 Å². The molecule has 7 nitrogen and oxygen atoms in total. The Bertz CT molecular complexity index is 809. The number of benzene rings is 1. The molecule has 1 aliphatic heterocycles. The molecule has 0 aliphatic carbocycles. The molecule has 1 aliphatic rings. The van der Waals surface area contributed by atoms with Crippen molar-refractivity contribution in [1.29, 1.82) is 5.26 Å². The second kappa shape index (κ2) is 7.18. The smallest absolute Gasteiger partial charge is 0.246 e. The van der Waals surface area contributed by atoms with Crippen molar-refractivity contribution in [3.63, 3.8) is 0 Å². The summed E-state index contributed by atoms with van der Waals surface area (Å²) in [4.78, 5) is 28.1. The average molecular weight is 337 g/mol. The largest absolute Gasteiger partial charge is 0.332 e. The summed E-state index contributed by atoms with van der Waals surface area (Å²) >= 11 is 0. The van der Waals surface area contributed by atoms with Crippen molar-refractivity contribution < 1.29 is 9.59 Å². The molecule has 2 aromatic rings. The molecule has 0 N–H and O–H groups in total. The van der Waals surface area contributed by atoms with Gasteiger partial charge in [-0.2, -0.15) is 10.4 Å². The monoisotopic (exact) mass is 337 g/mol. The third-order valence-electron chi connectivity index (χ3n) is 4.31. The summed E-state index contributed by atoms with van der Waals surface area (Å²) in [6.45, 7) is 2.89. The standard InChI is InChI=1S/C18H19N5O2/c1-14(23-7-3-6-20-23)10-17(24)21-8-9-22(18(25)13-21)16-5-2-4-15(11-16)12-19/h2-7,11,14H,8-10,13H2,1H3. The highest BCUT2D eigenvalue weighted by Crippen LogP contribution is 2.20. The molecule has 0 saturated carbocycles. The van der Waals surface area contributed by atoms with Crippen LogP contribution in [0, 0.1) is 11.3 Å². The Balaban J connectivity index is 1.62. The van der Waals surface area contributed by atoms with Crippen LogP contribution in [0.3, 0.4) is 0 Å². The van der Waals surface area contributed by atoms with Gasteiger partial charge in [-0.3, -0.25) is 14.3 Å². The van der Waals surface area contributed by atoms with Gasteiger partial charge in [0.1, 0.15) is 6.54 Å². The number of carbonyl (C=O) groups excluding carboxylic acids is 2. The van der Waals surface area contributed by atoms with E-state index in [0.29, 0.717) is 30.8 Å². The SMILES string of the molecule is CC(CC(=O)N1CCN(c2cccc(C#N)c2)C(=O)C1)n1cccn1. The molecule has 2 amide bonds. The summed E-state index contributed by atoms with van der Waals surface area (Å²) < 4.78 is 1.74. The molecule has 25 heavy (non-hydrogen) atoms. The maximum absolute atomic E-state index is 12.5. The Kier molecular flexibility index (Phi) is 4.80. The summed E-state index contributed by atoms with van der Waals surface area (Å²) in [5.74, 6) is -0.191. The van der Waals surface area contributed by atoms with Gasteiger partial charge in [-0.15, -0.1) is 0 Å². The molecule has 1 unspecified atom stereocenters. The summed E-state index contributed by atoms with van der Waals surface area (Å²) in [7, 11) is 0. The Hall–Kier alpha value is -3.14. The minimum absolute atomic E-state index is 0.0528. The van der Waals surface area contributed by atoms with E-state index in [0.717, 1.165) is 0 Å². The Morgan fingerprint density at radius 3 is 2.88 bits per heavy atom. The number of carbonyl (C=O) groups is 2. The molecular formula is C18H19N5O2. The Morgan fingerprint density at radius 2 is 2.20 bits per heavy atom. The van der Waals surface area contributed by atoms with E-state index >= 15 is 0 Å². The quantitative estimate of drug-likeness (QED) is 0.848. The van der Waals surface area contributed by atoms with E-state index in [1.54, 1.807) is 44.9 Å². The van der Waals surface area contributed by atoms with Gasteiger partial charge in [0.2, 0.25) is 11.8 Å². The number of amides is 2. The second-order valence-electron chi connectivity index (χ2n) is 6.06. The van der Waals surface area contributed by atoms with Crippen molar-refractivity contribution in [3.05, 3.63) is 48.3 Å². The van der Waals surface area contributed by atoms with Gasteiger partial charge in [-0.25, -0.2) is 0 Å². The molecule has 0 radical (unpaired) electrons. The van der Waals surface area contributed by atoms with Crippen LogP contribution >= 0.6 is 0 Å². The number of piperazine rings is 1. The molecule has 1 aromatic carbocycles. The number of hydrogen-bond acceptors (Lipinski definition) is 4. The van der Waals surface area contributed by atoms with Crippen LogP contribution in [0.1, 0.15) is 24.9 Å². The molecule has 0 spiro atoms. The van der Waals surface area contributed by atoms with E-state index < -0.39 is 0 Å². The predicted octanol–water partition coefficient (Wildman–Crippen LogP) is 1.58. The van der Waals surface area contributed by atoms with Crippen LogP contribution in [-0.4, -0.2) is 46.1 Å². The molecule has 128 valence electrons. The van der Waals surface area contributed by atoms with E-state index in [1.165, 1.54) is 0 Å². The van der Waals surface area contributed by atoms with Crippen LogP contribution in [0.4, 0.5) is 5.69 Å². The topological polar surface area (TPSA) is 82.2 Å². The molecule has 0 bridgehead atoms. The number of nitriles is 1. The molecule has 1 aromatic heterocycles. The van der Waals surface area contributed by atoms with Crippen LogP contribution in [0.25, 0.3) is 0 Å². The molecule has 1 atom stereocenters. The van der Waals surface area contributed by atoms with Crippen molar-refractivity contribution >= 4 is 17.5 Å². The van der Waals surface area contributed by atoms with E-state index in [2.05, 4.69) is 11.2 Å². The van der Waals surface area contributed by atoms with Crippen molar-refractivity contribution in [2.24, 2.45) is 0 Å². The molecule has 3 rings (SSSR count). The second-order valence-corrected chi connectivity index (χ2v) is 6.06. The zero-order chi connectivity index (χ0) is 17.8. The highest BCUT2D eigenvalue weighted by Gasteiger charge is 2.28. The lowest BCUT2D eigenvalue weighted by atomic mass is 10.1. The first-order valence-electron chi connectivity index (χ1n) is 8.16. The first kappa shape index (κ1) is 16.7. The maximum atomic E-state index is 12.5. The average Bonchev–Trinajstić information content (AvgIpc) is 3.16. The predicted molar refractivity (Wildman–Crippen MR) is 91.6 cm³/mol. The minimum atomic E-state index is -0.138. The molecular weight excluding hydrogens is 318 g/mol.